The number of carbonyl (C=O) groups excluding carboxylic acids is 1. The Morgan fingerprint density at radius 2 is 1.88 bits per heavy atom. The average molecular weight is 394 g/mol. The second-order valence-corrected chi connectivity index (χ2v) is 6.90. The summed E-state index contributed by atoms with van der Waals surface area (Å²) in [5.74, 6) is 0.871. The van der Waals surface area contributed by atoms with Crippen molar-refractivity contribution in [2.24, 2.45) is 0 Å². The van der Waals surface area contributed by atoms with E-state index in [-0.39, 0.29) is 18.2 Å². The van der Waals surface area contributed by atoms with E-state index in [2.05, 4.69) is 15.5 Å². The SMILES string of the molecule is O=C(CSc1ccc(Cl)cc1)NCc1nc(-c2ccccc2Cl)no1. The minimum Gasteiger partial charge on any atom is -0.346 e. The zero-order chi connectivity index (χ0) is 17.6. The van der Waals surface area contributed by atoms with Gasteiger partial charge >= 0.3 is 0 Å². The summed E-state index contributed by atoms with van der Waals surface area (Å²) in [5, 5.41) is 7.84. The highest BCUT2D eigenvalue weighted by atomic mass is 35.5. The Bertz CT molecular complexity index is 868. The van der Waals surface area contributed by atoms with Crippen LogP contribution in [0.1, 0.15) is 5.89 Å². The van der Waals surface area contributed by atoms with E-state index in [1.54, 1.807) is 24.3 Å². The van der Waals surface area contributed by atoms with Gasteiger partial charge in [-0.1, -0.05) is 40.5 Å². The highest BCUT2D eigenvalue weighted by Gasteiger charge is 2.12. The molecule has 0 aliphatic carbocycles. The highest BCUT2D eigenvalue weighted by molar-refractivity contribution is 8.00. The molecule has 3 aromatic rings. The topological polar surface area (TPSA) is 68.0 Å². The minimum absolute atomic E-state index is 0.127. The third-order valence-corrected chi connectivity index (χ3v) is 4.80. The van der Waals surface area contributed by atoms with E-state index in [0.717, 1.165) is 4.90 Å². The van der Waals surface area contributed by atoms with Gasteiger partial charge in [0, 0.05) is 15.5 Å². The van der Waals surface area contributed by atoms with Crippen LogP contribution in [0.15, 0.2) is 57.9 Å². The second-order valence-electron chi connectivity index (χ2n) is 5.01. The predicted octanol–water partition coefficient (Wildman–Crippen LogP) is 4.45. The molecule has 5 nitrogen and oxygen atoms in total. The van der Waals surface area contributed by atoms with Gasteiger partial charge in [-0.2, -0.15) is 4.98 Å². The third kappa shape index (κ3) is 4.98. The van der Waals surface area contributed by atoms with Crippen molar-refractivity contribution >= 4 is 40.9 Å². The van der Waals surface area contributed by atoms with E-state index in [1.807, 2.05) is 24.3 Å². The summed E-state index contributed by atoms with van der Waals surface area (Å²) in [6, 6.07) is 14.5. The van der Waals surface area contributed by atoms with Gasteiger partial charge in [0.2, 0.25) is 17.6 Å². The van der Waals surface area contributed by atoms with Crippen LogP contribution in [-0.2, 0) is 11.3 Å². The van der Waals surface area contributed by atoms with Gasteiger partial charge in [0.1, 0.15) is 0 Å². The first-order valence-electron chi connectivity index (χ1n) is 7.34. The molecule has 1 aromatic heterocycles. The highest BCUT2D eigenvalue weighted by Crippen LogP contribution is 2.25. The number of rotatable bonds is 6. The van der Waals surface area contributed by atoms with E-state index in [1.165, 1.54) is 11.8 Å². The molecule has 2 aromatic carbocycles. The van der Waals surface area contributed by atoms with Gasteiger partial charge in [-0.3, -0.25) is 4.79 Å². The number of hydrogen-bond donors (Lipinski definition) is 1. The van der Waals surface area contributed by atoms with Crippen LogP contribution in [0.5, 0.6) is 0 Å². The number of hydrogen-bond acceptors (Lipinski definition) is 5. The van der Waals surface area contributed by atoms with Crippen molar-refractivity contribution in [1.82, 2.24) is 15.5 Å². The van der Waals surface area contributed by atoms with E-state index in [0.29, 0.717) is 27.3 Å². The Hall–Kier alpha value is -2.02. The summed E-state index contributed by atoms with van der Waals surface area (Å²) in [4.78, 5) is 17.1. The molecule has 1 amide bonds. The molecule has 0 aliphatic rings. The molecule has 1 heterocycles. The molecule has 0 radical (unpaired) electrons. The molecule has 1 N–H and O–H groups in total. The van der Waals surface area contributed by atoms with Crippen molar-refractivity contribution in [3.63, 3.8) is 0 Å². The van der Waals surface area contributed by atoms with Gasteiger partial charge in [-0.05, 0) is 36.4 Å². The molecule has 0 saturated carbocycles. The molecule has 0 bridgehead atoms. The monoisotopic (exact) mass is 393 g/mol. The van der Waals surface area contributed by atoms with Gasteiger partial charge in [0.25, 0.3) is 0 Å². The Morgan fingerprint density at radius 1 is 1.12 bits per heavy atom. The zero-order valence-electron chi connectivity index (χ0n) is 12.9. The smallest absolute Gasteiger partial charge is 0.246 e. The number of thioether (sulfide) groups is 1. The zero-order valence-corrected chi connectivity index (χ0v) is 15.2. The summed E-state index contributed by atoms with van der Waals surface area (Å²) in [5.41, 5.74) is 0.684. The van der Waals surface area contributed by atoms with E-state index >= 15 is 0 Å². The fourth-order valence-corrected chi connectivity index (χ4v) is 3.06. The number of carbonyl (C=O) groups is 1. The number of halogens is 2. The van der Waals surface area contributed by atoms with Gasteiger partial charge in [-0.15, -0.1) is 11.8 Å². The summed E-state index contributed by atoms with van der Waals surface area (Å²) in [6.07, 6.45) is 0. The first-order chi connectivity index (χ1) is 12.1. The van der Waals surface area contributed by atoms with Crippen molar-refractivity contribution in [2.45, 2.75) is 11.4 Å². The molecule has 0 fully saturated rings. The molecule has 25 heavy (non-hydrogen) atoms. The van der Waals surface area contributed by atoms with Crippen LogP contribution in [0.4, 0.5) is 0 Å². The van der Waals surface area contributed by atoms with Crippen LogP contribution in [0.2, 0.25) is 10.0 Å². The molecule has 0 atom stereocenters. The van der Waals surface area contributed by atoms with Gasteiger partial charge in [0.05, 0.1) is 17.3 Å². The van der Waals surface area contributed by atoms with Gasteiger partial charge in [-0.25, -0.2) is 0 Å². The van der Waals surface area contributed by atoms with E-state index in [9.17, 15) is 4.79 Å². The van der Waals surface area contributed by atoms with Crippen molar-refractivity contribution in [1.29, 1.82) is 0 Å². The van der Waals surface area contributed by atoms with Gasteiger partial charge in [0.15, 0.2) is 0 Å². The first kappa shape index (κ1) is 17.8. The lowest BCUT2D eigenvalue weighted by molar-refractivity contribution is -0.118. The number of aromatic nitrogens is 2. The van der Waals surface area contributed by atoms with Crippen molar-refractivity contribution in [3.8, 4) is 11.4 Å². The molecule has 8 heteroatoms. The van der Waals surface area contributed by atoms with Crippen LogP contribution in [0, 0.1) is 0 Å². The summed E-state index contributed by atoms with van der Waals surface area (Å²) in [7, 11) is 0. The predicted molar refractivity (Wildman–Crippen MR) is 98.8 cm³/mol. The minimum atomic E-state index is -0.127. The van der Waals surface area contributed by atoms with E-state index < -0.39 is 0 Å². The molecular formula is C17H13Cl2N3O2S. The largest absolute Gasteiger partial charge is 0.346 e. The molecular weight excluding hydrogens is 381 g/mol. The number of amides is 1. The van der Waals surface area contributed by atoms with Crippen molar-refractivity contribution in [3.05, 3.63) is 64.5 Å². The maximum Gasteiger partial charge on any atom is 0.246 e. The van der Waals surface area contributed by atoms with Crippen LogP contribution in [-0.4, -0.2) is 21.8 Å². The summed E-state index contributed by atoms with van der Waals surface area (Å²) < 4.78 is 5.14. The average Bonchev–Trinajstić information content (AvgIpc) is 3.08. The number of nitrogens with zero attached hydrogens (tertiary/aromatic N) is 2. The lowest BCUT2D eigenvalue weighted by atomic mass is 10.2. The Balaban J connectivity index is 1.51. The molecule has 3 rings (SSSR count). The Labute approximate surface area is 158 Å². The van der Waals surface area contributed by atoms with Crippen LogP contribution in [0.3, 0.4) is 0 Å². The lowest BCUT2D eigenvalue weighted by Gasteiger charge is -2.02. The fraction of sp³-hybridized carbons (Fsp3) is 0.118. The van der Waals surface area contributed by atoms with Gasteiger partial charge < -0.3 is 9.84 Å². The maximum atomic E-state index is 11.9. The fourth-order valence-electron chi connectivity index (χ4n) is 1.98. The van der Waals surface area contributed by atoms with Crippen molar-refractivity contribution < 1.29 is 9.32 Å². The third-order valence-electron chi connectivity index (χ3n) is 3.20. The molecule has 128 valence electrons. The van der Waals surface area contributed by atoms with Crippen LogP contribution < -0.4 is 5.32 Å². The van der Waals surface area contributed by atoms with Crippen molar-refractivity contribution in [2.75, 3.05) is 5.75 Å². The Kier molecular flexibility index (Phi) is 5.96. The molecule has 0 unspecified atom stereocenters. The molecule has 0 spiro atoms. The van der Waals surface area contributed by atoms with E-state index in [4.69, 9.17) is 27.7 Å². The molecule has 0 saturated heterocycles. The Morgan fingerprint density at radius 3 is 2.64 bits per heavy atom. The maximum absolute atomic E-state index is 11.9. The quantitative estimate of drug-likeness (QED) is 0.626. The summed E-state index contributed by atoms with van der Waals surface area (Å²) in [6.45, 7) is 0.164. The standard InChI is InChI=1S/C17H13Cl2N3O2S/c18-11-5-7-12(8-6-11)25-10-15(23)20-9-16-21-17(22-24-16)13-3-1-2-4-14(13)19/h1-8H,9-10H2,(H,20,23). The number of benzene rings is 2. The normalized spacial score (nSPS) is 10.6. The van der Waals surface area contributed by atoms with Crippen LogP contribution in [0.25, 0.3) is 11.4 Å². The summed E-state index contributed by atoms with van der Waals surface area (Å²) >= 11 is 13.4. The second kappa shape index (κ2) is 8.38. The lowest BCUT2D eigenvalue weighted by Crippen LogP contribution is -2.24. The number of nitrogens with one attached hydrogen (secondary N) is 1. The van der Waals surface area contributed by atoms with Crippen LogP contribution >= 0.6 is 35.0 Å². The molecule has 0 aliphatic heterocycles. The first-order valence-corrected chi connectivity index (χ1v) is 9.08.